The number of nitrogens with zero attached hydrogens (tertiary/aromatic N) is 2. The van der Waals surface area contributed by atoms with E-state index in [1.165, 1.54) is 6.26 Å². The largest absolute Gasteiger partial charge is 0.480 e. The van der Waals surface area contributed by atoms with E-state index in [-0.39, 0.29) is 5.91 Å². The Morgan fingerprint density at radius 1 is 1.32 bits per heavy atom. The number of aliphatic carboxylic acids is 1. The predicted octanol–water partition coefficient (Wildman–Crippen LogP) is 0.819. The van der Waals surface area contributed by atoms with Crippen molar-refractivity contribution >= 4 is 11.9 Å². The smallest absolute Gasteiger partial charge is 0.320 e. The van der Waals surface area contributed by atoms with Crippen molar-refractivity contribution in [1.82, 2.24) is 9.80 Å². The quantitative estimate of drug-likeness (QED) is 0.876. The number of carbonyl (C=O) groups excluding carboxylic acids is 1. The van der Waals surface area contributed by atoms with Gasteiger partial charge in [0.2, 0.25) is 0 Å². The molecular formula is C13H18N2O4. The molecule has 6 nitrogen and oxygen atoms in total. The Morgan fingerprint density at radius 3 is 2.42 bits per heavy atom. The first-order valence-electron chi connectivity index (χ1n) is 6.30. The van der Waals surface area contributed by atoms with E-state index in [1.807, 2.05) is 4.90 Å². The van der Waals surface area contributed by atoms with Crippen molar-refractivity contribution in [2.24, 2.45) is 0 Å². The van der Waals surface area contributed by atoms with Crippen molar-refractivity contribution in [3.8, 4) is 0 Å². The van der Waals surface area contributed by atoms with Crippen LogP contribution in [0.25, 0.3) is 0 Å². The average molecular weight is 266 g/mol. The number of aryl methyl sites for hydroxylation is 1. The molecule has 1 unspecified atom stereocenters. The molecule has 2 heterocycles. The molecule has 0 bridgehead atoms. The molecule has 2 rings (SSSR count). The van der Waals surface area contributed by atoms with Crippen LogP contribution in [0.4, 0.5) is 0 Å². The molecule has 1 aromatic rings. The summed E-state index contributed by atoms with van der Waals surface area (Å²) < 4.78 is 5.13. The predicted molar refractivity (Wildman–Crippen MR) is 68.0 cm³/mol. The van der Waals surface area contributed by atoms with E-state index in [9.17, 15) is 9.59 Å². The van der Waals surface area contributed by atoms with Gasteiger partial charge >= 0.3 is 5.97 Å². The van der Waals surface area contributed by atoms with Gasteiger partial charge in [0.25, 0.3) is 5.91 Å². The molecule has 0 radical (unpaired) electrons. The molecule has 104 valence electrons. The third kappa shape index (κ3) is 2.96. The average Bonchev–Trinajstić information content (AvgIpc) is 2.84. The van der Waals surface area contributed by atoms with Gasteiger partial charge in [0, 0.05) is 26.2 Å². The SMILES string of the molecule is Cc1cc(C(=O)N2CCN(C(C)C(=O)O)CC2)co1. The first kappa shape index (κ1) is 13.6. The van der Waals surface area contributed by atoms with E-state index in [1.54, 1.807) is 24.8 Å². The summed E-state index contributed by atoms with van der Waals surface area (Å²) in [6, 6.07) is 1.21. The summed E-state index contributed by atoms with van der Waals surface area (Å²) in [4.78, 5) is 26.7. The van der Waals surface area contributed by atoms with Crippen LogP contribution in [0.15, 0.2) is 16.7 Å². The van der Waals surface area contributed by atoms with Crippen LogP contribution < -0.4 is 0 Å². The van der Waals surface area contributed by atoms with Gasteiger partial charge in [0.05, 0.1) is 5.56 Å². The number of carbonyl (C=O) groups is 2. The second kappa shape index (κ2) is 5.44. The minimum atomic E-state index is -0.828. The van der Waals surface area contributed by atoms with Crippen molar-refractivity contribution in [2.75, 3.05) is 26.2 Å². The first-order valence-corrected chi connectivity index (χ1v) is 6.30. The zero-order valence-corrected chi connectivity index (χ0v) is 11.1. The maximum Gasteiger partial charge on any atom is 0.320 e. The van der Waals surface area contributed by atoms with Crippen LogP contribution in [0.2, 0.25) is 0 Å². The number of carboxylic acid groups (broad SMARTS) is 1. The zero-order valence-electron chi connectivity index (χ0n) is 11.1. The van der Waals surface area contributed by atoms with Crippen LogP contribution in [0, 0.1) is 6.92 Å². The van der Waals surface area contributed by atoms with Gasteiger partial charge in [-0.15, -0.1) is 0 Å². The fourth-order valence-corrected chi connectivity index (χ4v) is 2.21. The van der Waals surface area contributed by atoms with Gasteiger partial charge in [-0.2, -0.15) is 0 Å². The van der Waals surface area contributed by atoms with Gasteiger partial charge in [-0.25, -0.2) is 0 Å². The standard InChI is InChI=1S/C13H18N2O4/c1-9-7-11(8-19-9)12(16)15-5-3-14(4-6-15)10(2)13(17)18/h7-8,10H,3-6H2,1-2H3,(H,17,18). The lowest BCUT2D eigenvalue weighted by Gasteiger charge is -2.36. The lowest BCUT2D eigenvalue weighted by atomic mass is 10.2. The van der Waals surface area contributed by atoms with Gasteiger partial charge in [-0.1, -0.05) is 0 Å². The maximum absolute atomic E-state index is 12.2. The molecule has 0 saturated carbocycles. The molecule has 1 amide bonds. The van der Waals surface area contributed by atoms with E-state index < -0.39 is 12.0 Å². The van der Waals surface area contributed by atoms with Gasteiger partial charge < -0.3 is 14.4 Å². The Kier molecular flexibility index (Phi) is 3.90. The van der Waals surface area contributed by atoms with E-state index in [0.717, 1.165) is 0 Å². The molecule has 19 heavy (non-hydrogen) atoms. The summed E-state index contributed by atoms with van der Waals surface area (Å²) in [5, 5.41) is 8.96. The van der Waals surface area contributed by atoms with Crippen LogP contribution in [0.5, 0.6) is 0 Å². The third-order valence-electron chi connectivity index (χ3n) is 3.48. The Morgan fingerprint density at radius 2 is 1.95 bits per heavy atom. The van der Waals surface area contributed by atoms with Gasteiger partial charge in [0.15, 0.2) is 0 Å². The van der Waals surface area contributed by atoms with Crippen LogP contribution in [0.1, 0.15) is 23.0 Å². The summed E-state index contributed by atoms with van der Waals surface area (Å²) >= 11 is 0. The molecule has 0 aliphatic carbocycles. The molecule has 1 saturated heterocycles. The molecule has 1 aliphatic rings. The second-order valence-corrected chi connectivity index (χ2v) is 4.79. The maximum atomic E-state index is 12.2. The zero-order chi connectivity index (χ0) is 14.0. The molecule has 1 fully saturated rings. The monoisotopic (exact) mass is 266 g/mol. The molecule has 1 aromatic heterocycles. The molecule has 0 spiro atoms. The van der Waals surface area contributed by atoms with Crippen LogP contribution in [-0.2, 0) is 4.79 Å². The van der Waals surface area contributed by atoms with Crippen LogP contribution in [0.3, 0.4) is 0 Å². The molecule has 6 heteroatoms. The van der Waals surface area contributed by atoms with Crippen molar-refractivity contribution < 1.29 is 19.1 Å². The van der Waals surface area contributed by atoms with Gasteiger partial charge in [-0.05, 0) is 19.9 Å². The van der Waals surface area contributed by atoms with Gasteiger partial charge in [-0.3, -0.25) is 14.5 Å². The number of amides is 1. The molecule has 1 N–H and O–H groups in total. The van der Waals surface area contributed by atoms with Crippen molar-refractivity contribution in [2.45, 2.75) is 19.9 Å². The highest BCUT2D eigenvalue weighted by Crippen LogP contribution is 2.13. The summed E-state index contributed by atoms with van der Waals surface area (Å²) in [6.07, 6.45) is 1.46. The van der Waals surface area contributed by atoms with E-state index in [4.69, 9.17) is 9.52 Å². The Balaban J connectivity index is 1.93. The highest BCUT2D eigenvalue weighted by atomic mass is 16.4. The molecule has 1 atom stereocenters. The van der Waals surface area contributed by atoms with Crippen molar-refractivity contribution in [3.63, 3.8) is 0 Å². The van der Waals surface area contributed by atoms with Crippen molar-refractivity contribution in [1.29, 1.82) is 0 Å². The minimum Gasteiger partial charge on any atom is -0.480 e. The fourth-order valence-electron chi connectivity index (χ4n) is 2.21. The molecule has 0 aromatic carbocycles. The lowest BCUT2D eigenvalue weighted by molar-refractivity contribution is -0.143. The van der Waals surface area contributed by atoms with Gasteiger partial charge in [0.1, 0.15) is 18.1 Å². The minimum absolute atomic E-state index is 0.0560. The fraction of sp³-hybridized carbons (Fsp3) is 0.538. The summed E-state index contributed by atoms with van der Waals surface area (Å²) in [6.45, 7) is 5.70. The number of carboxylic acids is 1. The second-order valence-electron chi connectivity index (χ2n) is 4.79. The normalized spacial score (nSPS) is 18.3. The topological polar surface area (TPSA) is 74.0 Å². The number of rotatable bonds is 3. The summed E-state index contributed by atoms with van der Waals surface area (Å²) in [7, 11) is 0. The summed E-state index contributed by atoms with van der Waals surface area (Å²) in [5.41, 5.74) is 0.553. The number of hydrogen-bond acceptors (Lipinski definition) is 4. The summed E-state index contributed by atoms with van der Waals surface area (Å²) in [5.74, 6) is -0.175. The molecule has 1 aliphatic heterocycles. The first-order chi connectivity index (χ1) is 8.99. The van der Waals surface area contributed by atoms with Crippen LogP contribution in [-0.4, -0.2) is 59.0 Å². The highest BCUT2D eigenvalue weighted by Gasteiger charge is 2.27. The number of furan rings is 1. The van der Waals surface area contributed by atoms with Crippen molar-refractivity contribution in [3.05, 3.63) is 23.7 Å². The Hall–Kier alpha value is -1.82. The third-order valence-corrected chi connectivity index (χ3v) is 3.48. The van der Waals surface area contributed by atoms with E-state index in [2.05, 4.69) is 0 Å². The lowest BCUT2D eigenvalue weighted by Crippen LogP contribution is -2.53. The Labute approximate surface area is 111 Å². The van der Waals surface area contributed by atoms with Crippen LogP contribution >= 0.6 is 0 Å². The van der Waals surface area contributed by atoms with E-state index >= 15 is 0 Å². The Bertz CT molecular complexity index is 475. The van der Waals surface area contributed by atoms with E-state index in [0.29, 0.717) is 37.5 Å². The number of hydrogen-bond donors (Lipinski definition) is 1. The highest BCUT2D eigenvalue weighted by molar-refractivity contribution is 5.94. The molecular weight excluding hydrogens is 248 g/mol. The number of piperazine rings is 1.